The molecule has 1 aliphatic carbocycles. The zero-order chi connectivity index (χ0) is 8.32. The van der Waals surface area contributed by atoms with Crippen molar-refractivity contribution in [1.82, 2.24) is 5.32 Å². The highest BCUT2D eigenvalue weighted by molar-refractivity contribution is 7.99. The van der Waals surface area contributed by atoms with Crippen molar-refractivity contribution < 1.29 is 0 Å². The second-order valence-corrected chi connectivity index (χ2v) is 5.52. The Labute approximate surface area is 74.3 Å². The number of hydrogen-bond donors (Lipinski definition) is 1. The Bertz CT molecular complexity index is 113. The van der Waals surface area contributed by atoms with E-state index in [0.717, 1.165) is 11.9 Å². The summed E-state index contributed by atoms with van der Waals surface area (Å²) < 4.78 is 0. The summed E-state index contributed by atoms with van der Waals surface area (Å²) in [5.74, 6) is 2.40. The van der Waals surface area contributed by atoms with Crippen LogP contribution in [0.1, 0.15) is 33.6 Å². The first kappa shape index (κ1) is 9.40. The van der Waals surface area contributed by atoms with Crippen molar-refractivity contribution in [3.05, 3.63) is 0 Å². The van der Waals surface area contributed by atoms with Crippen LogP contribution in [0.5, 0.6) is 0 Å². The molecule has 66 valence electrons. The molecule has 0 atom stereocenters. The summed E-state index contributed by atoms with van der Waals surface area (Å²) in [5, 5.41) is 3.49. The Hall–Kier alpha value is 0.310. The Morgan fingerprint density at radius 2 is 2.00 bits per heavy atom. The topological polar surface area (TPSA) is 12.0 Å². The van der Waals surface area contributed by atoms with Gasteiger partial charge in [-0.15, -0.1) is 11.8 Å². The van der Waals surface area contributed by atoms with Crippen LogP contribution in [0, 0.1) is 5.41 Å². The third kappa shape index (κ3) is 5.57. The molecule has 1 rings (SSSR count). The van der Waals surface area contributed by atoms with Crippen LogP contribution in [0.3, 0.4) is 0 Å². The van der Waals surface area contributed by atoms with E-state index in [1.807, 2.05) is 11.8 Å². The van der Waals surface area contributed by atoms with E-state index in [4.69, 9.17) is 0 Å². The average Bonchev–Trinajstić information content (AvgIpc) is 2.60. The van der Waals surface area contributed by atoms with Gasteiger partial charge in [-0.25, -0.2) is 0 Å². The summed E-state index contributed by atoms with van der Waals surface area (Å²) in [5.41, 5.74) is 0.482. The lowest BCUT2D eigenvalue weighted by Crippen LogP contribution is -2.17. The van der Waals surface area contributed by atoms with Crippen molar-refractivity contribution in [3.63, 3.8) is 0 Å². The average molecular weight is 173 g/mol. The Balaban J connectivity index is 1.87. The van der Waals surface area contributed by atoms with Crippen LogP contribution in [0.2, 0.25) is 0 Å². The highest BCUT2D eigenvalue weighted by Gasteiger charge is 2.20. The largest absolute Gasteiger partial charge is 0.305 e. The molecule has 0 aromatic rings. The molecule has 11 heavy (non-hydrogen) atoms. The van der Waals surface area contributed by atoms with Gasteiger partial charge >= 0.3 is 0 Å². The van der Waals surface area contributed by atoms with Gasteiger partial charge in [-0.1, -0.05) is 20.8 Å². The quantitative estimate of drug-likeness (QED) is 0.518. The lowest BCUT2D eigenvalue weighted by atomic mass is 10.0. The Morgan fingerprint density at radius 3 is 2.45 bits per heavy atom. The number of nitrogens with one attached hydrogen (secondary N) is 1. The molecule has 1 N–H and O–H groups in total. The first-order valence-electron chi connectivity index (χ1n) is 4.39. The van der Waals surface area contributed by atoms with E-state index in [1.165, 1.54) is 18.6 Å². The molecular formula is C9H19NS. The van der Waals surface area contributed by atoms with Crippen LogP contribution in [-0.4, -0.2) is 17.7 Å². The van der Waals surface area contributed by atoms with Crippen molar-refractivity contribution in [2.75, 3.05) is 11.6 Å². The summed E-state index contributed by atoms with van der Waals surface area (Å²) in [7, 11) is 0. The summed E-state index contributed by atoms with van der Waals surface area (Å²) >= 11 is 2.02. The minimum atomic E-state index is 0.482. The first-order chi connectivity index (χ1) is 5.08. The van der Waals surface area contributed by atoms with Gasteiger partial charge in [0.05, 0.1) is 0 Å². The van der Waals surface area contributed by atoms with E-state index in [-0.39, 0.29) is 0 Å². The lowest BCUT2D eigenvalue weighted by Gasteiger charge is -2.17. The molecule has 0 aromatic carbocycles. The minimum absolute atomic E-state index is 0.482. The number of hydrogen-bond acceptors (Lipinski definition) is 2. The van der Waals surface area contributed by atoms with Crippen molar-refractivity contribution in [2.45, 2.75) is 39.7 Å². The van der Waals surface area contributed by atoms with Crippen LogP contribution in [0.4, 0.5) is 0 Å². The minimum Gasteiger partial charge on any atom is -0.305 e. The molecule has 0 aromatic heterocycles. The molecular weight excluding hydrogens is 154 g/mol. The van der Waals surface area contributed by atoms with Crippen molar-refractivity contribution in [1.29, 1.82) is 0 Å². The fourth-order valence-corrected chi connectivity index (χ4v) is 1.89. The monoisotopic (exact) mass is 173 g/mol. The van der Waals surface area contributed by atoms with Crippen LogP contribution >= 0.6 is 11.8 Å². The van der Waals surface area contributed by atoms with Crippen molar-refractivity contribution in [2.24, 2.45) is 5.41 Å². The zero-order valence-corrected chi connectivity index (χ0v) is 8.63. The molecule has 0 amide bonds. The maximum atomic E-state index is 3.49. The van der Waals surface area contributed by atoms with Gasteiger partial charge in [0.2, 0.25) is 0 Å². The molecule has 1 fully saturated rings. The van der Waals surface area contributed by atoms with Gasteiger partial charge in [0.15, 0.2) is 0 Å². The second-order valence-electron chi connectivity index (χ2n) is 4.53. The molecule has 0 heterocycles. The normalized spacial score (nSPS) is 18.8. The van der Waals surface area contributed by atoms with Gasteiger partial charge < -0.3 is 5.32 Å². The fraction of sp³-hybridized carbons (Fsp3) is 1.00. The van der Waals surface area contributed by atoms with Gasteiger partial charge in [0.1, 0.15) is 0 Å². The summed E-state index contributed by atoms with van der Waals surface area (Å²) in [6.07, 6.45) is 2.80. The highest BCUT2D eigenvalue weighted by Crippen LogP contribution is 2.22. The molecule has 0 unspecified atom stereocenters. The van der Waals surface area contributed by atoms with Crippen molar-refractivity contribution in [3.8, 4) is 0 Å². The van der Waals surface area contributed by atoms with Gasteiger partial charge in [-0.2, -0.15) is 0 Å². The van der Waals surface area contributed by atoms with E-state index in [0.29, 0.717) is 5.41 Å². The van der Waals surface area contributed by atoms with Crippen LogP contribution in [-0.2, 0) is 0 Å². The van der Waals surface area contributed by atoms with Gasteiger partial charge in [-0.05, 0) is 24.0 Å². The zero-order valence-electron chi connectivity index (χ0n) is 7.81. The van der Waals surface area contributed by atoms with E-state index < -0.39 is 0 Å². The SMILES string of the molecule is CC(C)(C)CSCNC1CC1. The summed E-state index contributed by atoms with van der Waals surface area (Å²) in [6, 6.07) is 0.863. The molecule has 0 aliphatic heterocycles. The smallest absolute Gasteiger partial charge is 0.0420 e. The fourth-order valence-electron chi connectivity index (χ4n) is 0.821. The third-order valence-corrected chi connectivity index (χ3v) is 3.03. The van der Waals surface area contributed by atoms with Crippen LogP contribution in [0.25, 0.3) is 0 Å². The summed E-state index contributed by atoms with van der Waals surface area (Å²) in [4.78, 5) is 0. The Kier molecular flexibility index (Phi) is 3.26. The molecule has 0 radical (unpaired) electrons. The summed E-state index contributed by atoms with van der Waals surface area (Å²) in [6.45, 7) is 6.87. The maximum Gasteiger partial charge on any atom is 0.0420 e. The number of rotatable bonds is 4. The molecule has 1 saturated carbocycles. The second kappa shape index (κ2) is 3.81. The predicted octanol–water partition coefficient (Wildman–Crippen LogP) is 2.48. The molecule has 0 spiro atoms. The van der Waals surface area contributed by atoms with Crippen molar-refractivity contribution >= 4 is 11.8 Å². The standard InChI is InChI=1S/C9H19NS/c1-9(2,3)6-11-7-10-8-4-5-8/h8,10H,4-7H2,1-3H3. The van der Waals surface area contributed by atoms with E-state index in [9.17, 15) is 0 Å². The molecule has 1 nitrogen and oxygen atoms in total. The van der Waals surface area contributed by atoms with Crippen LogP contribution in [0.15, 0.2) is 0 Å². The molecule has 0 bridgehead atoms. The first-order valence-corrected chi connectivity index (χ1v) is 5.54. The van der Waals surface area contributed by atoms with Gasteiger partial charge in [0.25, 0.3) is 0 Å². The molecule has 2 heteroatoms. The maximum absolute atomic E-state index is 3.49. The van der Waals surface area contributed by atoms with E-state index >= 15 is 0 Å². The van der Waals surface area contributed by atoms with Gasteiger partial charge in [0, 0.05) is 11.9 Å². The van der Waals surface area contributed by atoms with Crippen LogP contribution < -0.4 is 5.32 Å². The molecule has 0 saturated heterocycles. The predicted molar refractivity (Wildman–Crippen MR) is 52.9 cm³/mol. The Morgan fingerprint density at radius 1 is 1.36 bits per heavy atom. The van der Waals surface area contributed by atoms with E-state index in [2.05, 4.69) is 26.1 Å². The lowest BCUT2D eigenvalue weighted by molar-refractivity contribution is 0.480. The highest BCUT2D eigenvalue weighted by atomic mass is 32.2. The third-order valence-electron chi connectivity index (χ3n) is 1.59. The van der Waals surface area contributed by atoms with E-state index in [1.54, 1.807) is 0 Å². The molecule has 1 aliphatic rings. The number of thioether (sulfide) groups is 1. The van der Waals surface area contributed by atoms with Gasteiger partial charge in [-0.3, -0.25) is 0 Å².